The van der Waals surface area contributed by atoms with E-state index in [0.717, 1.165) is 0 Å². The number of methoxy groups -OCH3 is 1. The van der Waals surface area contributed by atoms with Gasteiger partial charge in [-0.1, -0.05) is 18.2 Å². The molecule has 0 aromatic heterocycles. The van der Waals surface area contributed by atoms with Gasteiger partial charge in [0.25, 0.3) is 11.7 Å². The lowest BCUT2D eigenvalue weighted by molar-refractivity contribution is -0.140. The first-order valence-corrected chi connectivity index (χ1v) is 11.8. The van der Waals surface area contributed by atoms with Gasteiger partial charge in [0, 0.05) is 18.2 Å². The maximum Gasteiger partial charge on any atom is 0.295 e. The van der Waals surface area contributed by atoms with E-state index < -0.39 is 17.7 Å². The van der Waals surface area contributed by atoms with Gasteiger partial charge in [-0.3, -0.25) is 9.59 Å². The van der Waals surface area contributed by atoms with Gasteiger partial charge < -0.3 is 29.0 Å². The van der Waals surface area contributed by atoms with E-state index >= 15 is 0 Å². The SMILES string of the molecule is CCOc1ccc(/C(O)=C2\C(=O)C(=O)N(CCOC(C)C)C2c2ccccc2OC)c(OCC)c1. The van der Waals surface area contributed by atoms with Gasteiger partial charge in [0.2, 0.25) is 0 Å². The molecule has 1 heterocycles. The molecule has 0 spiro atoms. The Balaban J connectivity index is 2.18. The maximum atomic E-state index is 13.3. The van der Waals surface area contributed by atoms with Crippen LogP contribution in [0.2, 0.25) is 0 Å². The smallest absolute Gasteiger partial charge is 0.295 e. The van der Waals surface area contributed by atoms with Crippen molar-refractivity contribution in [1.82, 2.24) is 4.90 Å². The summed E-state index contributed by atoms with van der Waals surface area (Å²) in [5.41, 5.74) is 0.852. The molecule has 8 heteroatoms. The first-order valence-electron chi connectivity index (χ1n) is 11.8. The standard InChI is InChI=1S/C27H33NO7/c1-6-33-18-12-13-20(22(16-18)34-7-2)25(29)23-24(19-10-8-9-11-21(19)32-5)28(27(31)26(23)30)14-15-35-17(3)4/h8-13,16-17,24,29H,6-7,14-15H2,1-5H3/b25-23+. The van der Waals surface area contributed by atoms with Crippen molar-refractivity contribution < 1.29 is 33.6 Å². The van der Waals surface area contributed by atoms with Gasteiger partial charge in [0.1, 0.15) is 23.0 Å². The number of ether oxygens (including phenoxy) is 4. The third-order valence-electron chi connectivity index (χ3n) is 5.58. The molecule has 2 aromatic carbocycles. The Hall–Kier alpha value is -3.52. The van der Waals surface area contributed by atoms with E-state index in [1.165, 1.54) is 12.0 Å². The molecule has 0 bridgehead atoms. The van der Waals surface area contributed by atoms with E-state index in [0.29, 0.717) is 41.6 Å². The van der Waals surface area contributed by atoms with Gasteiger partial charge in [-0.25, -0.2) is 0 Å². The molecule has 1 unspecified atom stereocenters. The number of hydrogen-bond donors (Lipinski definition) is 1. The second kappa shape index (κ2) is 11.8. The van der Waals surface area contributed by atoms with Gasteiger partial charge in [-0.05, 0) is 45.9 Å². The largest absolute Gasteiger partial charge is 0.507 e. The van der Waals surface area contributed by atoms with Crippen molar-refractivity contribution in [3.05, 3.63) is 59.2 Å². The topological polar surface area (TPSA) is 94.5 Å². The van der Waals surface area contributed by atoms with Crippen LogP contribution in [0.3, 0.4) is 0 Å². The number of aliphatic hydroxyl groups excluding tert-OH is 1. The molecule has 1 amide bonds. The summed E-state index contributed by atoms with van der Waals surface area (Å²) in [5, 5.41) is 11.5. The van der Waals surface area contributed by atoms with Crippen molar-refractivity contribution in [3.63, 3.8) is 0 Å². The Morgan fingerprint density at radius 3 is 2.40 bits per heavy atom. The fourth-order valence-corrected chi connectivity index (χ4v) is 4.09. The lowest BCUT2D eigenvalue weighted by Crippen LogP contribution is -2.33. The normalized spacial score (nSPS) is 17.2. The fraction of sp³-hybridized carbons (Fsp3) is 0.407. The van der Waals surface area contributed by atoms with Crippen molar-refractivity contribution in [1.29, 1.82) is 0 Å². The zero-order valence-electron chi connectivity index (χ0n) is 20.9. The third kappa shape index (κ3) is 5.59. The fourth-order valence-electron chi connectivity index (χ4n) is 4.09. The summed E-state index contributed by atoms with van der Waals surface area (Å²) in [4.78, 5) is 27.9. The minimum absolute atomic E-state index is 0.0332. The number of hydrogen-bond acceptors (Lipinski definition) is 7. The summed E-state index contributed by atoms with van der Waals surface area (Å²) >= 11 is 0. The van der Waals surface area contributed by atoms with Crippen LogP contribution in [0.5, 0.6) is 17.2 Å². The van der Waals surface area contributed by atoms with Gasteiger partial charge >= 0.3 is 0 Å². The van der Waals surface area contributed by atoms with Crippen molar-refractivity contribution in [2.45, 2.75) is 39.8 Å². The monoisotopic (exact) mass is 483 g/mol. The molecule has 1 N–H and O–H groups in total. The number of ketones is 1. The molecule has 3 rings (SSSR count). The lowest BCUT2D eigenvalue weighted by Gasteiger charge is -2.27. The third-order valence-corrected chi connectivity index (χ3v) is 5.58. The molecule has 8 nitrogen and oxygen atoms in total. The first-order chi connectivity index (χ1) is 16.8. The minimum atomic E-state index is -0.858. The highest BCUT2D eigenvalue weighted by atomic mass is 16.5. The molecule has 0 radical (unpaired) electrons. The molecule has 0 aliphatic carbocycles. The quantitative estimate of drug-likeness (QED) is 0.289. The van der Waals surface area contributed by atoms with Crippen LogP contribution in [0.15, 0.2) is 48.0 Å². The predicted molar refractivity (Wildman–Crippen MR) is 132 cm³/mol. The van der Waals surface area contributed by atoms with E-state index in [1.807, 2.05) is 27.7 Å². The number of aliphatic hydroxyl groups is 1. The number of amides is 1. The van der Waals surface area contributed by atoms with Crippen LogP contribution in [0.25, 0.3) is 5.76 Å². The number of nitrogens with zero attached hydrogens (tertiary/aromatic N) is 1. The maximum absolute atomic E-state index is 13.3. The minimum Gasteiger partial charge on any atom is -0.507 e. The number of likely N-dealkylation sites (tertiary alicyclic amines) is 1. The van der Waals surface area contributed by atoms with Gasteiger partial charge in [-0.15, -0.1) is 0 Å². The van der Waals surface area contributed by atoms with E-state index in [-0.39, 0.29) is 30.6 Å². The van der Waals surface area contributed by atoms with E-state index in [9.17, 15) is 14.7 Å². The van der Waals surface area contributed by atoms with Crippen molar-refractivity contribution in [2.75, 3.05) is 33.5 Å². The summed E-state index contributed by atoms with van der Waals surface area (Å²) in [5.74, 6) is -0.392. The van der Waals surface area contributed by atoms with Gasteiger partial charge in [0.05, 0.1) is 50.2 Å². The molecular formula is C27H33NO7. The summed E-state index contributed by atoms with van der Waals surface area (Å²) in [6.45, 7) is 8.69. The van der Waals surface area contributed by atoms with E-state index in [4.69, 9.17) is 18.9 Å². The average molecular weight is 484 g/mol. The van der Waals surface area contributed by atoms with Crippen LogP contribution >= 0.6 is 0 Å². The molecule has 0 saturated carbocycles. The van der Waals surface area contributed by atoms with Crippen LogP contribution in [0, 0.1) is 0 Å². The van der Waals surface area contributed by atoms with E-state index in [1.54, 1.807) is 42.5 Å². The van der Waals surface area contributed by atoms with Crippen molar-refractivity contribution in [3.8, 4) is 17.2 Å². The highest BCUT2D eigenvalue weighted by Gasteiger charge is 2.47. The zero-order chi connectivity index (χ0) is 25.5. The number of carbonyl (C=O) groups is 2. The molecule has 188 valence electrons. The number of carbonyl (C=O) groups excluding carboxylic acids is 2. The molecule has 35 heavy (non-hydrogen) atoms. The summed E-state index contributed by atoms with van der Waals surface area (Å²) < 4.78 is 22.5. The Bertz CT molecular complexity index is 1090. The van der Waals surface area contributed by atoms with Crippen LogP contribution in [-0.2, 0) is 14.3 Å². The molecule has 1 fully saturated rings. The van der Waals surface area contributed by atoms with Crippen LogP contribution in [-0.4, -0.2) is 61.3 Å². The Kier molecular flexibility index (Phi) is 8.76. The second-order valence-corrected chi connectivity index (χ2v) is 8.18. The van der Waals surface area contributed by atoms with Crippen LogP contribution in [0.1, 0.15) is 44.9 Å². The Morgan fingerprint density at radius 1 is 1.03 bits per heavy atom. The predicted octanol–water partition coefficient (Wildman–Crippen LogP) is 4.34. The molecule has 2 aromatic rings. The Labute approximate surface area is 206 Å². The van der Waals surface area contributed by atoms with Gasteiger partial charge in [-0.2, -0.15) is 0 Å². The number of para-hydroxylation sites is 1. The lowest BCUT2D eigenvalue weighted by atomic mass is 9.94. The molecule has 1 atom stereocenters. The highest BCUT2D eigenvalue weighted by Crippen LogP contribution is 2.44. The van der Waals surface area contributed by atoms with Crippen molar-refractivity contribution in [2.24, 2.45) is 0 Å². The van der Waals surface area contributed by atoms with Crippen LogP contribution in [0.4, 0.5) is 0 Å². The van der Waals surface area contributed by atoms with E-state index in [2.05, 4.69) is 0 Å². The van der Waals surface area contributed by atoms with Crippen LogP contribution < -0.4 is 14.2 Å². The Morgan fingerprint density at radius 2 is 1.74 bits per heavy atom. The summed E-state index contributed by atoms with van der Waals surface area (Å²) in [7, 11) is 1.52. The molecular weight excluding hydrogens is 450 g/mol. The molecule has 1 aliphatic rings. The zero-order valence-corrected chi connectivity index (χ0v) is 20.9. The van der Waals surface area contributed by atoms with Crippen molar-refractivity contribution >= 4 is 17.4 Å². The first kappa shape index (κ1) is 26.1. The number of benzene rings is 2. The highest BCUT2D eigenvalue weighted by molar-refractivity contribution is 6.46. The second-order valence-electron chi connectivity index (χ2n) is 8.18. The number of Topliss-reactive ketones (excluding diaryl/α,β-unsaturated/α-hetero) is 1. The molecule has 1 saturated heterocycles. The number of rotatable bonds is 11. The summed E-state index contributed by atoms with van der Waals surface area (Å²) in [6, 6.07) is 11.2. The molecule has 1 aliphatic heterocycles. The summed E-state index contributed by atoms with van der Waals surface area (Å²) in [6.07, 6.45) is -0.0332. The average Bonchev–Trinajstić information content (AvgIpc) is 3.09. The van der Waals surface area contributed by atoms with Gasteiger partial charge in [0.15, 0.2) is 0 Å².